The van der Waals surface area contributed by atoms with Crippen LogP contribution in [0.4, 0.5) is 0 Å². The Morgan fingerprint density at radius 2 is 1.61 bits per heavy atom. The molecule has 0 bridgehead atoms. The smallest absolute Gasteiger partial charge is 0.251 e. The minimum Gasteiger partial charge on any atom is -0.343 e. The molecule has 0 aromatic heterocycles. The van der Waals surface area contributed by atoms with Gasteiger partial charge in [0.1, 0.15) is 0 Å². The molecule has 4 nitrogen and oxygen atoms in total. The zero-order valence-electron chi connectivity index (χ0n) is 13.0. The molecular formula is C18H19NO3S. The first-order valence-electron chi connectivity index (χ1n) is 7.59. The van der Waals surface area contributed by atoms with E-state index in [0.717, 1.165) is 31.1 Å². The summed E-state index contributed by atoms with van der Waals surface area (Å²) in [6, 6.07) is 16.0. The minimum atomic E-state index is -3.25. The zero-order chi connectivity index (χ0) is 16.5. The average Bonchev–Trinajstić information content (AvgIpc) is 2.51. The second-order valence-electron chi connectivity index (χ2n) is 6.05. The van der Waals surface area contributed by atoms with Crippen molar-refractivity contribution in [2.75, 3.05) is 6.26 Å². The first-order chi connectivity index (χ1) is 10.9. The van der Waals surface area contributed by atoms with E-state index in [0.29, 0.717) is 5.56 Å². The molecule has 0 saturated heterocycles. The van der Waals surface area contributed by atoms with E-state index < -0.39 is 9.84 Å². The summed E-state index contributed by atoms with van der Waals surface area (Å²) >= 11 is 0. The van der Waals surface area contributed by atoms with Crippen molar-refractivity contribution in [3.05, 3.63) is 65.7 Å². The first-order valence-corrected chi connectivity index (χ1v) is 9.48. The molecule has 120 valence electrons. The molecule has 1 fully saturated rings. The topological polar surface area (TPSA) is 63.2 Å². The molecule has 0 unspecified atom stereocenters. The predicted octanol–water partition coefficient (Wildman–Crippen LogP) is 2.90. The lowest BCUT2D eigenvalue weighted by Crippen LogP contribution is -2.50. The molecule has 1 aliphatic carbocycles. The Bertz CT molecular complexity index is 807. The number of sulfone groups is 1. The average molecular weight is 329 g/mol. The van der Waals surface area contributed by atoms with E-state index in [1.807, 2.05) is 30.3 Å². The number of carbonyl (C=O) groups excluding carboxylic acids is 1. The number of carbonyl (C=O) groups is 1. The quantitative estimate of drug-likeness (QED) is 0.938. The van der Waals surface area contributed by atoms with Gasteiger partial charge in [-0.05, 0) is 49.1 Å². The standard InChI is InChI=1S/C18H19NO3S/c1-23(21,22)16-10-8-14(9-11-16)17(20)19-18(12-5-13-18)15-6-3-2-4-7-15/h2-4,6-11H,5,12-13H2,1H3,(H,19,20). The van der Waals surface area contributed by atoms with Crippen LogP contribution in [0.15, 0.2) is 59.5 Å². The van der Waals surface area contributed by atoms with E-state index in [-0.39, 0.29) is 16.3 Å². The lowest BCUT2D eigenvalue weighted by Gasteiger charge is -2.43. The summed E-state index contributed by atoms with van der Waals surface area (Å²) in [6.45, 7) is 0. The Hall–Kier alpha value is -2.14. The van der Waals surface area contributed by atoms with Crippen LogP contribution >= 0.6 is 0 Å². The maximum Gasteiger partial charge on any atom is 0.251 e. The third-order valence-electron chi connectivity index (χ3n) is 4.43. The molecule has 5 heteroatoms. The molecule has 0 atom stereocenters. The van der Waals surface area contributed by atoms with Gasteiger partial charge in [-0.15, -0.1) is 0 Å². The summed E-state index contributed by atoms with van der Waals surface area (Å²) in [5.74, 6) is -0.173. The molecule has 0 radical (unpaired) electrons. The van der Waals surface area contributed by atoms with E-state index in [4.69, 9.17) is 0 Å². The number of hydrogen-bond acceptors (Lipinski definition) is 3. The summed E-state index contributed by atoms with van der Waals surface area (Å²) < 4.78 is 23.0. The fraction of sp³-hybridized carbons (Fsp3) is 0.278. The molecule has 2 aromatic carbocycles. The fourth-order valence-electron chi connectivity index (χ4n) is 2.92. The summed E-state index contributed by atoms with van der Waals surface area (Å²) in [4.78, 5) is 12.7. The maximum atomic E-state index is 12.5. The normalized spacial score (nSPS) is 16.4. The number of amides is 1. The predicted molar refractivity (Wildman–Crippen MR) is 89.0 cm³/mol. The van der Waals surface area contributed by atoms with Crippen LogP contribution in [0.2, 0.25) is 0 Å². The highest BCUT2D eigenvalue weighted by molar-refractivity contribution is 7.90. The van der Waals surface area contributed by atoms with E-state index in [1.54, 1.807) is 12.1 Å². The van der Waals surface area contributed by atoms with Crippen LogP contribution in [0.5, 0.6) is 0 Å². The van der Waals surface area contributed by atoms with Gasteiger partial charge in [-0.2, -0.15) is 0 Å². The highest BCUT2D eigenvalue weighted by atomic mass is 32.2. The van der Waals surface area contributed by atoms with Crippen LogP contribution in [-0.4, -0.2) is 20.6 Å². The van der Waals surface area contributed by atoms with Gasteiger partial charge in [-0.25, -0.2) is 8.42 Å². The lowest BCUT2D eigenvalue weighted by atomic mass is 9.71. The Morgan fingerprint density at radius 1 is 1.00 bits per heavy atom. The molecule has 0 spiro atoms. The third-order valence-corrected chi connectivity index (χ3v) is 5.56. The molecular weight excluding hydrogens is 310 g/mol. The van der Waals surface area contributed by atoms with Gasteiger partial charge in [0.25, 0.3) is 5.91 Å². The number of rotatable bonds is 4. The van der Waals surface area contributed by atoms with Crippen LogP contribution < -0.4 is 5.32 Å². The Labute approximate surface area is 136 Å². The molecule has 0 heterocycles. The molecule has 3 rings (SSSR count). The highest BCUT2D eigenvalue weighted by Gasteiger charge is 2.39. The van der Waals surface area contributed by atoms with Crippen LogP contribution in [0.1, 0.15) is 35.2 Å². The summed E-state index contributed by atoms with van der Waals surface area (Å²) in [7, 11) is -3.25. The van der Waals surface area contributed by atoms with E-state index >= 15 is 0 Å². The van der Waals surface area contributed by atoms with Crippen molar-refractivity contribution in [1.29, 1.82) is 0 Å². The SMILES string of the molecule is CS(=O)(=O)c1ccc(C(=O)NC2(c3ccccc3)CCC2)cc1. The van der Waals surface area contributed by atoms with Crippen molar-refractivity contribution >= 4 is 15.7 Å². The Morgan fingerprint density at radius 3 is 2.09 bits per heavy atom. The van der Waals surface area contributed by atoms with Gasteiger partial charge < -0.3 is 5.32 Å². The molecule has 2 aromatic rings. The van der Waals surface area contributed by atoms with E-state index in [2.05, 4.69) is 5.32 Å². The highest BCUT2D eigenvalue weighted by Crippen LogP contribution is 2.41. The van der Waals surface area contributed by atoms with Crippen molar-refractivity contribution in [2.45, 2.75) is 29.7 Å². The van der Waals surface area contributed by atoms with Crippen molar-refractivity contribution in [3.63, 3.8) is 0 Å². The van der Waals surface area contributed by atoms with E-state index in [9.17, 15) is 13.2 Å². The second kappa shape index (κ2) is 5.81. The van der Waals surface area contributed by atoms with E-state index in [1.165, 1.54) is 12.1 Å². The molecule has 1 aliphatic rings. The van der Waals surface area contributed by atoms with Crippen LogP contribution in [0.3, 0.4) is 0 Å². The van der Waals surface area contributed by atoms with Crippen molar-refractivity contribution < 1.29 is 13.2 Å². The third kappa shape index (κ3) is 3.15. The second-order valence-corrected chi connectivity index (χ2v) is 8.07. The van der Waals surface area contributed by atoms with Gasteiger partial charge in [-0.3, -0.25) is 4.79 Å². The number of hydrogen-bond donors (Lipinski definition) is 1. The van der Waals surface area contributed by atoms with Gasteiger partial charge in [-0.1, -0.05) is 30.3 Å². The summed E-state index contributed by atoms with van der Waals surface area (Å²) in [6.07, 6.45) is 4.08. The molecule has 23 heavy (non-hydrogen) atoms. The molecule has 1 saturated carbocycles. The maximum absolute atomic E-state index is 12.5. The zero-order valence-corrected chi connectivity index (χ0v) is 13.8. The first kappa shape index (κ1) is 15.7. The molecule has 1 N–H and O–H groups in total. The van der Waals surface area contributed by atoms with Crippen LogP contribution in [0, 0.1) is 0 Å². The fourth-order valence-corrected chi connectivity index (χ4v) is 3.55. The largest absolute Gasteiger partial charge is 0.343 e. The molecule has 0 aliphatic heterocycles. The van der Waals surface area contributed by atoms with Crippen LogP contribution in [0.25, 0.3) is 0 Å². The van der Waals surface area contributed by atoms with Crippen molar-refractivity contribution in [3.8, 4) is 0 Å². The monoisotopic (exact) mass is 329 g/mol. The van der Waals surface area contributed by atoms with Gasteiger partial charge in [0.05, 0.1) is 10.4 Å². The van der Waals surface area contributed by atoms with Gasteiger partial charge in [0, 0.05) is 11.8 Å². The lowest BCUT2D eigenvalue weighted by molar-refractivity contribution is 0.0823. The Balaban J connectivity index is 1.81. The van der Waals surface area contributed by atoms with Crippen LogP contribution in [-0.2, 0) is 15.4 Å². The summed E-state index contributed by atoms with van der Waals surface area (Å²) in [5, 5.41) is 3.13. The van der Waals surface area contributed by atoms with Crippen molar-refractivity contribution in [2.24, 2.45) is 0 Å². The molecule has 1 amide bonds. The Kier molecular flexibility index (Phi) is 3.98. The summed E-state index contributed by atoms with van der Waals surface area (Å²) in [5.41, 5.74) is 1.29. The van der Waals surface area contributed by atoms with Gasteiger partial charge in [0.2, 0.25) is 0 Å². The van der Waals surface area contributed by atoms with Gasteiger partial charge >= 0.3 is 0 Å². The number of benzene rings is 2. The number of nitrogens with one attached hydrogen (secondary N) is 1. The van der Waals surface area contributed by atoms with Crippen molar-refractivity contribution in [1.82, 2.24) is 5.32 Å². The van der Waals surface area contributed by atoms with Gasteiger partial charge in [0.15, 0.2) is 9.84 Å². The minimum absolute atomic E-state index is 0.173.